The summed E-state index contributed by atoms with van der Waals surface area (Å²) < 4.78 is 0. The van der Waals surface area contributed by atoms with Crippen LogP contribution in [0.15, 0.2) is 30.5 Å². The number of amides is 1. The Morgan fingerprint density at radius 3 is 2.91 bits per heavy atom. The number of carbonyl (C=O) groups is 2. The standard InChI is InChI=1S/C17H16N2O3/c20-16-11-2-3-13(8-11)19(16)6-5-10-1-4-14-12(7-10)9-15(18-14)17(21)22/h1,4-7,9,11,13,18H,2-3,8H2,(H,21,22)/t11-,13+/m1/s1. The number of aromatic nitrogens is 1. The number of hydrogen-bond donors (Lipinski definition) is 2. The van der Waals surface area contributed by atoms with Gasteiger partial charge in [0.05, 0.1) is 0 Å². The Morgan fingerprint density at radius 2 is 2.18 bits per heavy atom. The fourth-order valence-electron chi connectivity index (χ4n) is 3.56. The number of benzene rings is 1. The molecule has 0 spiro atoms. The van der Waals surface area contributed by atoms with Gasteiger partial charge in [-0.2, -0.15) is 0 Å². The molecular weight excluding hydrogens is 280 g/mol. The highest BCUT2D eigenvalue weighted by Crippen LogP contribution is 2.38. The Bertz CT molecular complexity index is 805. The third-order valence-electron chi connectivity index (χ3n) is 4.70. The van der Waals surface area contributed by atoms with Crippen molar-refractivity contribution in [2.45, 2.75) is 25.3 Å². The first kappa shape index (κ1) is 13.1. The van der Waals surface area contributed by atoms with E-state index in [2.05, 4.69) is 4.98 Å². The summed E-state index contributed by atoms with van der Waals surface area (Å²) in [5, 5.41) is 9.86. The van der Waals surface area contributed by atoms with Gasteiger partial charge in [-0.1, -0.05) is 6.07 Å². The number of fused-ring (bicyclic) bond motifs is 3. The molecule has 2 heterocycles. The number of rotatable bonds is 3. The minimum Gasteiger partial charge on any atom is -0.477 e. The number of aromatic carboxylic acids is 1. The summed E-state index contributed by atoms with van der Waals surface area (Å²) in [5.74, 6) is -0.504. The fourth-order valence-corrected chi connectivity index (χ4v) is 3.56. The second-order valence-electron chi connectivity index (χ2n) is 6.06. The second kappa shape index (κ2) is 4.73. The van der Waals surface area contributed by atoms with Crippen molar-refractivity contribution in [3.05, 3.63) is 41.7 Å². The monoisotopic (exact) mass is 296 g/mol. The van der Waals surface area contributed by atoms with Crippen molar-refractivity contribution in [2.75, 3.05) is 0 Å². The number of likely N-dealkylation sites (tertiary alicyclic amines) is 1. The molecule has 1 aromatic heterocycles. The van der Waals surface area contributed by atoms with Gasteiger partial charge in [0.25, 0.3) is 0 Å². The number of carboxylic acids is 1. The molecule has 2 bridgehead atoms. The molecule has 2 aromatic rings. The summed E-state index contributed by atoms with van der Waals surface area (Å²) in [5.41, 5.74) is 1.94. The second-order valence-corrected chi connectivity index (χ2v) is 6.06. The molecule has 0 radical (unpaired) electrons. The van der Waals surface area contributed by atoms with Crippen LogP contribution in [0.2, 0.25) is 0 Å². The summed E-state index contributed by atoms with van der Waals surface area (Å²) in [4.78, 5) is 27.8. The van der Waals surface area contributed by atoms with Crippen LogP contribution in [-0.4, -0.2) is 32.9 Å². The van der Waals surface area contributed by atoms with Gasteiger partial charge in [0.1, 0.15) is 5.69 Å². The van der Waals surface area contributed by atoms with Crippen molar-refractivity contribution in [2.24, 2.45) is 5.92 Å². The Hall–Kier alpha value is -2.56. The van der Waals surface area contributed by atoms with E-state index in [1.165, 1.54) is 0 Å². The maximum Gasteiger partial charge on any atom is 0.352 e. The number of hydrogen-bond acceptors (Lipinski definition) is 2. The summed E-state index contributed by atoms with van der Waals surface area (Å²) in [6.45, 7) is 0. The number of piperidine rings is 1. The first-order valence-corrected chi connectivity index (χ1v) is 7.48. The van der Waals surface area contributed by atoms with Gasteiger partial charge in [-0.15, -0.1) is 0 Å². The van der Waals surface area contributed by atoms with Gasteiger partial charge in [-0.05, 0) is 49.1 Å². The first-order chi connectivity index (χ1) is 10.6. The molecule has 4 rings (SSSR count). The molecule has 5 nitrogen and oxygen atoms in total. The smallest absolute Gasteiger partial charge is 0.352 e. The number of aromatic amines is 1. The molecule has 1 saturated heterocycles. The molecule has 112 valence electrons. The van der Waals surface area contributed by atoms with Crippen LogP contribution in [0.4, 0.5) is 0 Å². The number of carboxylic acid groups (broad SMARTS) is 1. The van der Waals surface area contributed by atoms with Crippen LogP contribution in [0.1, 0.15) is 35.3 Å². The Kier molecular flexibility index (Phi) is 2.82. The lowest BCUT2D eigenvalue weighted by molar-refractivity contribution is -0.131. The largest absolute Gasteiger partial charge is 0.477 e. The zero-order chi connectivity index (χ0) is 15.3. The van der Waals surface area contributed by atoms with Crippen molar-refractivity contribution in [1.29, 1.82) is 0 Å². The van der Waals surface area contributed by atoms with Gasteiger partial charge in [0.2, 0.25) is 5.91 Å². The third-order valence-corrected chi connectivity index (χ3v) is 4.70. The SMILES string of the molecule is O=C(O)c1cc2cc(C=CN3C(=O)[C@@H]4CC[C@H]3C4)ccc2[nH]1. The molecule has 1 saturated carbocycles. The Morgan fingerprint density at radius 1 is 1.32 bits per heavy atom. The molecule has 0 unspecified atom stereocenters. The van der Waals surface area contributed by atoms with Gasteiger partial charge in [-0.25, -0.2) is 4.79 Å². The van der Waals surface area contributed by atoms with Crippen molar-refractivity contribution in [1.82, 2.24) is 9.88 Å². The molecular formula is C17H16N2O3. The minimum absolute atomic E-state index is 0.183. The van der Waals surface area contributed by atoms with E-state index < -0.39 is 5.97 Å². The van der Waals surface area contributed by atoms with Crippen LogP contribution in [-0.2, 0) is 4.79 Å². The lowest BCUT2D eigenvalue weighted by atomic mass is 10.1. The quantitative estimate of drug-likeness (QED) is 0.914. The lowest BCUT2D eigenvalue weighted by Gasteiger charge is -2.23. The van der Waals surface area contributed by atoms with Crippen LogP contribution in [0, 0.1) is 5.92 Å². The van der Waals surface area contributed by atoms with E-state index in [9.17, 15) is 9.59 Å². The van der Waals surface area contributed by atoms with E-state index >= 15 is 0 Å². The van der Waals surface area contributed by atoms with Gasteiger partial charge < -0.3 is 15.0 Å². The highest BCUT2D eigenvalue weighted by atomic mass is 16.4. The van der Waals surface area contributed by atoms with E-state index in [1.54, 1.807) is 6.07 Å². The van der Waals surface area contributed by atoms with E-state index in [0.717, 1.165) is 35.7 Å². The van der Waals surface area contributed by atoms with Crippen LogP contribution in [0.3, 0.4) is 0 Å². The third kappa shape index (κ3) is 2.01. The van der Waals surface area contributed by atoms with E-state index in [0.29, 0.717) is 6.04 Å². The van der Waals surface area contributed by atoms with Crippen molar-refractivity contribution in [3.8, 4) is 0 Å². The van der Waals surface area contributed by atoms with Crippen LogP contribution in [0.25, 0.3) is 17.0 Å². The highest BCUT2D eigenvalue weighted by molar-refractivity contribution is 5.94. The van der Waals surface area contributed by atoms with E-state index in [1.807, 2.05) is 35.4 Å². The Labute approximate surface area is 127 Å². The van der Waals surface area contributed by atoms with E-state index in [4.69, 9.17) is 5.11 Å². The Balaban J connectivity index is 1.60. The molecule has 22 heavy (non-hydrogen) atoms. The number of nitrogens with zero attached hydrogens (tertiary/aromatic N) is 1. The van der Waals surface area contributed by atoms with Gasteiger partial charge in [-0.3, -0.25) is 4.79 Å². The molecule has 2 aliphatic rings. The van der Waals surface area contributed by atoms with Gasteiger partial charge >= 0.3 is 5.97 Å². The predicted molar refractivity (Wildman–Crippen MR) is 82.3 cm³/mol. The minimum atomic E-state index is -0.966. The summed E-state index contributed by atoms with van der Waals surface area (Å²) in [7, 11) is 0. The number of carbonyl (C=O) groups excluding carboxylic acids is 1. The number of H-pyrrole nitrogens is 1. The van der Waals surface area contributed by atoms with Crippen LogP contribution in [0.5, 0.6) is 0 Å². The number of nitrogens with one attached hydrogen (secondary N) is 1. The van der Waals surface area contributed by atoms with Crippen molar-refractivity contribution < 1.29 is 14.7 Å². The summed E-state index contributed by atoms with van der Waals surface area (Å²) >= 11 is 0. The fraction of sp³-hybridized carbons (Fsp3) is 0.294. The first-order valence-electron chi connectivity index (χ1n) is 7.48. The molecule has 5 heteroatoms. The zero-order valence-electron chi connectivity index (χ0n) is 12.0. The normalized spacial score (nSPS) is 24.0. The molecule has 1 amide bonds. The lowest BCUT2D eigenvalue weighted by Crippen LogP contribution is -2.32. The van der Waals surface area contributed by atoms with Crippen LogP contribution < -0.4 is 0 Å². The van der Waals surface area contributed by atoms with Gasteiger partial charge in [0.15, 0.2) is 0 Å². The molecule has 1 aliphatic heterocycles. The molecule has 1 aromatic carbocycles. The van der Waals surface area contributed by atoms with E-state index in [-0.39, 0.29) is 17.5 Å². The summed E-state index contributed by atoms with van der Waals surface area (Å²) in [6.07, 6.45) is 6.91. The molecule has 2 N–H and O–H groups in total. The predicted octanol–water partition coefficient (Wildman–Crippen LogP) is 2.85. The summed E-state index contributed by atoms with van der Waals surface area (Å²) in [6, 6.07) is 7.69. The molecule has 2 atom stereocenters. The molecule has 1 aliphatic carbocycles. The maximum absolute atomic E-state index is 12.1. The van der Waals surface area contributed by atoms with Crippen molar-refractivity contribution in [3.63, 3.8) is 0 Å². The van der Waals surface area contributed by atoms with Gasteiger partial charge in [0, 0.05) is 29.1 Å². The molecule has 2 fully saturated rings. The average molecular weight is 296 g/mol. The van der Waals surface area contributed by atoms with Crippen LogP contribution >= 0.6 is 0 Å². The van der Waals surface area contributed by atoms with Crippen molar-refractivity contribution >= 4 is 28.9 Å². The average Bonchev–Trinajstić information content (AvgIpc) is 3.19. The maximum atomic E-state index is 12.1. The zero-order valence-corrected chi connectivity index (χ0v) is 12.0. The topological polar surface area (TPSA) is 73.4 Å². The highest BCUT2D eigenvalue weighted by Gasteiger charge is 2.43.